The molecule has 0 aliphatic heterocycles. The van der Waals surface area contributed by atoms with Gasteiger partial charge in [-0.05, 0) is 24.3 Å². The first-order chi connectivity index (χ1) is 9.90. The van der Waals surface area contributed by atoms with Crippen molar-refractivity contribution in [1.82, 2.24) is 0 Å². The molecule has 2 aromatic rings. The van der Waals surface area contributed by atoms with E-state index in [-0.39, 0.29) is 22.0 Å². The van der Waals surface area contributed by atoms with E-state index in [0.717, 1.165) is 6.07 Å². The van der Waals surface area contributed by atoms with Crippen molar-refractivity contribution in [3.05, 3.63) is 57.1 Å². The summed E-state index contributed by atoms with van der Waals surface area (Å²) in [5.41, 5.74) is -0.989. The van der Waals surface area contributed by atoms with Gasteiger partial charge >= 0.3 is 0 Å². The lowest BCUT2D eigenvalue weighted by Crippen LogP contribution is -2.13. The van der Waals surface area contributed by atoms with E-state index in [1.807, 2.05) is 0 Å². The van der Waals surface area contributed by atoms with Gasteiger partial charge < -0.3 is 15.5 Å². The summed E-state index contributed by atoms with van der Waals surface area (Å²) >= 11 is 5.73. The van der Waals surface area contributed by atoms with Crippen molar-refractivity contribution < 1.29 is 19.9 Å². The molecule has 7 nitrogen and oxygen atoms in total. The van der Waals surface area contributed by atoms with Crippen LogP contribution in [-0.4, -0.2) is 21.0 Å². The van der Waals surface area contributed by atoms with Gasteiger partial charge in [0.25, 0.3) is 11.6 Å². The van der Waals surface area contributed by atoms with Crippen molar-refractivity contribution in [3.8, 4) is 11.5 Å². The lowest BCUT2D eigenvalue weighted by molar-refractivity contribution is -0.384. The van der Waals surface area contributed by atoms with Gasteiger partial charge in [0.2, 0.25) is 0 Å². The molecule has 0 saturated carbocycles. The Morgan fingerprint density at radius 2 is 1.90 bits per heavy atom. The number of nitro groups is 1. The molecule has 0 aliphatic carbocycles. The number of amides is 1. The van der Waals surface area contributed by atoms with Gasteiger partial charge in [-0.3, -0.25) is 14.9 Å². The van der Waals surface area contributed by atoms with Crippen LogP contribution in [0.2, 0.25) is 5.02 Å². The quantitative estimate of drug-likeness (QED) is 0.458. The molecule has 0 heterocycles. The van der Waals surface area contributed by atoms with E-state index in [1.54, 1.807) is 0 Å². The molecule has 0 aliphatic rings. The Labute approximate surface area is 123 Å². The van der Waals surface area contributed by atoms with Gasteiger partial charge in [-0.25, -0.2) is 0 Å². The molecular weight excluding hydrogens is 300 g/mol. The summed E-state index contributed by atoms with van der Waals surface area (Å²) in [7, 11) is 0. The third-order valence-corrected chi connectivity index (χ3v) is 2.89. The molecule has 0 radical (unpaired) electrons. The molecule has 8 heteroatoms. The van der Waals surface area contributed by atoms with E-state index in [1.165, 1.54) is 30.3 Å². The fraction of sp³-hybridized carbons (Fsp3) is 0. The number of carbonyl (C=O) groups excluding carboxylic acids is 1. The number of halogens is 1. The van der Waals surface area contributed by atoms with E-state index in [9.17, 15) is 25.1 Å². The number of phenolic OH excluding ortho intramolecular Hbond substituents is 2. The molecule has 1 amide bonds. The number of nitrogens with one attached hydrogen (secondary N) is 1. The minimum atomic E-state index is -0.834. The highest BCUT2D eigenvalue weighted by atomic mass is 35.5. The maximum Gasteiger partial charge on any atom is 0.296 e. The Bertz CT molecular complexity index is 732. The summed E-state index contributed by atoms with van der Waals surface area (Å²) in [4.78, 5) is 22.2. The van der Waals surface area contributed by atoms with Gasteiger partial charge in [-0.1, -0.05) is 17.7 Å². The molecule has 21 heavy (non-hydrogen) atoms. The van der Waals surface area contributed by atoms with Gasteiger partial charge in [0.1, 0.15) is 11.5 Å². The van der Waals surface area contributed by atoms with Gasteiger partial charge in [0.15, 0.2) is 5.69 Å². The predicted molar refractivity (Wildman–Crippen MR) is 75.8 cm³/mol. The van der Waals surface area contributed by atoms with Crippen molar-refractivity contribution in [1.29, 1.82) is 0 Å². The molecule has 0 spiro atoms. The number of aromatic hydroxyl groups is 2. The summed E-state index contributed by atoms with van der Waals surface area (Å²) in [6.45, 7) is 0. The molecule has 0 atom stereocenters. The van der Waals surface area contributed by atoms with E-state index in [0.29, 0.717) is 0 Å². The molecule has 0 saturated heterocycles. The first kappa shape index (κ1) is 14.6. The highest BCUT2D eigenvalue weighted by Gasteiger charge is 2.21. The lowest BCUT2D eigenvalue weighted by Gasteiger charge is -2.09. The van der Waals surface area contributed by atoms with Crippen molar-refractivity contribution in [2.24, 2.45) is 0 Å². The van der Waals surface area contributed by atoms with Crippen LogP contribution >= 0.6 is 11.6 Å². The first-order valence-electron chi connectivity index (χ1n) is 5.66. The number of nitrogens with zero attached hydrogens (tertiary/aromatic N) is 1. The molecule has 108 valence electrons. The molecule has 0 bridgehead atoms. The predicted octanol–water partition coefficient (Wildman–Crippen LogP) is 2.91. The molecule has 0 aromatic heterocycles. The molecule has 2 aromatic carbocycles. The van der Waals surface area contributed by atoms with Gasteiger partial charge in [0.05, 0.1) is 10.5 Å². The largest absolute Gasteiger partial charge is 0.507 e. The molecule has 0 unspecified atom stereocenters. The number of benzene rings is 2. The van der Waals surface area contributed by atoms with E-state index >= 15 is 0 Å². The zero-order chi connectivity index (χ0) is 15.6. The minimum absolute atomic E-state index is 0.167. The Morgan fingerprint density at radius 1 is 1.19 bits per heavy atom. The number of rotatable bonds is 3. The monoisotopic (exact) mass is 308 g/mol. The summed E-state index contributed by atoms with van der Waals surface area (Å²) in [5, 5.41) is 32.6. The topological polar surface area (TPSA) is 113 Å². The van der Waals surface area contributed by atoms with Gasteiger partial charge in [-0.15, -0.1) is 0 Å². The van der Waals surface area contributed by atoms with Gasteiger partial charge in [-0.2, -0.15) is 0 Å². The molecular formula is C13H9ClN2O5. The van der Waals surface area contributed by atoms with Crippen LogP contribution in [0.3, 0.4) is 0 Å². The molecule has 3 N–H and O–H groups in total. The Kier molecular flexibility index (Phi) is 3.95. The second-order valence-corrected chi connectivity index (χ2v) is 4.48. The number of anilines is 1. The van der Waals surface area contributed by atoms with Crippen LogP contribution in [0.1, 0.15) is 10.4 Å². The van der Waals surface area contributed by atoms with Crippen LogP contribution in [0.4, 0.5) is 11.4 Å². The van der Waals surface area contributed by atoms with Crippen LogP contribution in [0.15, 0.2) is 36.4 Å². The highest BCUT2D eigenvalue weighted by molar-refractivity contribution is 6.31. The fourth-order valence-corrected chi connectivity index (χ4v) is 1.85. The number of hydrogen-bond donors (Lipinski definition) is 3. The maximum atomic E-state index is 12.1. The van der Waals surface area contributed by atoms with Crippen LogP contribution in [0.25, 0.3) is 0 Å². The zero-order valence-electron chi connectivity index (χ0n) is 10.4. The third kappa shape index (κ3) is 3.03. The summed E-state index contributed by atoms with van der Waals surface area (Å²) in [5.74, 6) is -1.63. The summed E-state index contributed by atoms with van der Waals surface area (Å²) in [6.07, 6.45) is 0. The maximum absolute atomic E-state index is 12.1. The van der Waals surface area contributed by atoms with E-state index in [4.69, 9.17) is 11.6 Å². The van der Waals surface area contributed by atoms with E-state index in [2.05, 4.69) is 5.32 Å². The zero-order valence-corrected chi connectivity index (χ0v) is 11.2. The standard InChI is InChI=1S/C13H9ClN2O5/c14-7-4-5-10(17)8(6-7)13(19)15-12-9(16(20)21)2-1-3-11(12)18/h1-6,17-18H,(H,15,19). The number of carbonyl (C=O) groups is 1. The van der Waals surface area contributed by atoms with Crippen molar-refractivity contribution >= 4 is 28.9 Å². The minimum Gasteiger partial charge on any atom is -0.507 e. The first-order valence-corrected chi connectivity index (χ1v) is 6.04. The Hall–Kier alpha value is -2.80. The Morgan fingerprint density at radius 3 is 2.57 bits per heavy atom. The average molecular weight is 309 g/mol. The summed E-state index contributed by atoms with van der Waals surface area (Å²) < 4.78 is 0. The highest BCUT2D eigenvalue weighted by Crippen LogP contribution is 2.34. The number of para-hydroxylation sites is 1. The molecule has 0 fully saturated rings. The molecule has 2 rings (SSSR count). The number of hydrogen-bond acceptors (Lipinski definition) is 5. The van der Waals surface area contributed by atoms with Crippen LogP contribution < -0.4 is 5.32 Å². The third-order valence-electron chi connectivity index (χ3n) is 2.66. The second kappa shape index (κ2) is 5.68. The van der Waals surface area contributed by atoms with Crippen LogP contribution in [-0.2, 0) is 0 Å². The van der Waals surface area contributed by atoms with Crippen molar-refractivity contribution in [3.63, 3.8) is 0 Å². The van der Waals surface area contributed by atoms with Gasteiger partial charge in [0, 0.05) is 11.1 Å². The fourth-order valence-electron chi connectivity index (χ4n) is 1.68. The Balaban J connectivity index is 2.41. The van der Waals surface area contributed by atoms with E-state index < -0.39 is 22.3 Å². The van der Waals surface area contributed by atoms with Crippen molar-refractivity contribution in [2.45, 2.75) is 0 Å². The average Bonchev–Trinajstić information content (AvgIpc) is 2.43. The van der Waals surface area contributed by atoms with Crippen LogP contribution in [0, 0.1) is 10.1 Å². The van der Waals surface area contributed by atoms with Crippen LogP contribution in [0.5, 0.6) is 11.5 Å². The normalized spacial score (nSPS) is 10.1. The van der Waals surface area contributed by atoms with Crippen molar-refractivity contribution in [2.75, 3.05) is 5.32 Å². The number of phenols is 2. The summed E-state index contributed by atoms with van der Waals surface area (Å²) in [6, 6.07) is 7.41. The second-order valence-electron chi connectivity index (χ2n) is 4.04. The lowest BCUT2D eigenvalue weighted by atomic mass is 10.1. The SMILES string of the molecule is O=C(Nc1c(O)cccc1[N+](=O)[O-])c1cc(Cl)ccc1O. The smallest absolute Gasteiger partial charge is 0.296 e. The number of nitro benzene ring substituents is 1.